The second kappa shape index (κ2) is 3.59. The topological polar surface area (TPSA) is 20.2 Å². The molecule has 0 aliphatic rings. The predicted octanol–water partition coefficient (Wildman–Crippen LogP) is 1.96. The minimum atomic E-state index is -0.263. The Balaban J connectivity index is 2.75. The Morgan fingerprint density at radius 1 is 1.30 bits per heavy atom. The molecule has 0 aliphatic heterocycles. The van der Waals surface area contributed by atoms with Crippen LogP contribution in [0.2, 0.25) is 0 Å². The van der Waals surface area contributed by atoms with Crippen molar-refractivity contribution in [2.24, 2.45) is 0 Å². The molecule has 1 unspecified atom stereocenters. The standard InChI is InChI=1S/C8H9ClO/c9-8(6-10)7-4-2-1-3-5-7/h1-5,8,10H,6H2. The van der Waals surface area contributed by atoms with E-state index in [4.69, 9.17) is 16.7 Å². The first-order valence-electron chi connectivity index (χ1n) is 3.14. The fourth-order valence-electron chi connectivity index (χ4n) is 0.767. The molecule has 0 spiro atoms. The lowest BCUT2D eigenvalue weighted by atomic mass is 10.2. The Kier molecular flexibility index (Phi) is 2.72. The Hall–Kier alpha value is -0.530. The molecule has 0 saturated carbocycles. The van der Waals surface area contributed by atoms with Gasteiger partial charge in [-0.05, 0) is 5.56 Å². The molecular formula is C8H9ClO. The van der Waals surface area contributed by atoms with Gasteiger partial charge < -0.3 is 5.11 Å². The number of aliphatic hydroxyl groups excluding tert-OH is 1. The molecule has 1 aromatic rings. The van der Waals surface area contributed by atoms with Crippen LogP contribution in [0.5, 0.6) is 0 Å². The molecule has 54 valence electrons. The van der Waals surface area contributed by atoms with Gasteiger partial charge in [0, 0.05) is 0 Å². The molecule has 0 heterocycles. The lowest BCUT2D eigenvalue weighted by Gasteiger charge is -2.03. The van der Waals surface area contributed by atoms with E-state index in [1.807, 2.05) is 30.3 Å². The first-order valence-corrected chi connectivity index (χ1v) is 3.58. The average molecular weight is 157 g/mol. The maximum atomic E-state index is 8.66. The third kappa shape index (κ3) is 1.72. The number of benzene rings is 1. The number of rotatable bonds is 2. The van der Waals surface area contributed by atoms with Crippen molar-refractivity contribution in [1.29, 1.82) is 0 Å². The molecule has 1 rings (SSSR count). The van der Waals surface area contributed by atoms with E-state index in [1.165, 1.54) is 0 Å². The molecule has 0 amide bonds. The van der Waals surface area contributed by atoms with Gasteiger partial charge in [-0.15, -0.1) is 11.6 Å². The normalized spacial score (nSPS) is 13.0. The molecule has 1 atom stereocenters. The van der Waals surface area contributed by atoms with Crippen molar-refractivity contribution < 1.29 is 5.11 Å². The highest BCUT2D eigenvalue weighted by atomic mass is 35.5. The van der Waals surface area contributed by atoms with Crippen molar-refractivity contribution >= 4 is 11.6 Å². The van der Waals surface area contributed by atoms with Crippen molar-refractivity contribution in [3.8, 4) is 0 Å². The molecule has 0 fully saturated rings. The van der Waals surface area contributed by atoms with Gasteiger partial charge in [0.1, 0.15) is 0 Å². The molecule has 1 aromatic carbocycles. The first-order chi connectivity index (χ1) is 4.84. The first kappa shape index (κ1) is 7.58. The summed E-state index contributed by atoms with van der Waals surface area (Å²) in [5.74, 6) is 0. The summed E-state index contributed by atoms with van der Waals surface area (Å²) < 4.78 is 0. The second-order valence-electron chi connectivity index (χ2n) is 2.06. The van der Waals surface area contributed by atoms with Gasteiger partial charge in [0.2, 0.25) is 0 Å². The monoisotopic (exact) mass is 156 g/mol. The van der Waals surface area contributed by atoms with Crippen molar-refractivity contribution in [1.82, 2.24) is 0 Å². The van der Waals surface area contributed by atoms with E-state index >= 15 is 0 Å². The Morgan fingerprint density at radius 2 is 1.90 bits per heavy atom. The Bertz CT molecular complexity index is 186. The number of aliphatic hydroxyl groups is 1. The van der Waals surface area contributed by atoms with Crippen LogP contribution in [-0.4, -0.2) is 11.7 Å². The smallest absolute Gasteiger partial charge is 0.0816 e. The van der Waals surface area contributed by atoms with E-state index in [9.17, 15) is 0 Å². The zero-order valence-corrected chi connectivity index (χ0v) is 6.25. The second-order valence-corrected chi connectivity index (χ2v) is 2.59. The third-order valence-corrected chi connectivity index (χ3v) is 1.71. The summed E-state index contributed by atoms with van der Waals surface area (Å²) in [4.78, 5) is 0. The van der Waals surface area contributed by atoms with Crippen LogP contribution in [0, 0.1) is 0 Å². The summed E-state index contributed by atoms with van der Waals surface area (Å²) in [5.41, 5.74) is 0.965. The molecule has 0 radical (unpaired) electrons. The van der Waals surface area contributed by atoms with Gasteiger partial charge in [-0.1, -0.05) is 30.3 Å². The van der Waals surface area contributed by atoms with E-state index in [0.717, 1.165) is 5.56 Å². The number of hydrogen-bond acceptors (Lipinski definition) is 1. The molecular weight excluding hydrogens is 148 g/mol. The van der Waals surface area contributed by atoms with Crippen LogP contribution in [0.25, 0.3) is 0 Å². The Morgan fingerprint density at radius 3 is 2.40 bits per heavy atom. The largest absolute Gasteiger partial charge is 0.394 e. The van der Waals surface area contributed by atoms with Crippen LogP contribution in [0.1, 0.15) is 10.9 Å². The van der Waals surface area contributed by atoms with Gasteiger partial charge in [0.15, 0.2) is 0 Å². The van der Waals surface area contributed by atoms with Crippen molar-refractivity contribution in [3.05, 3.63) is 35.9 Å². The molecule has 0 aliphatic carbocycles. The summed E-state index contributed by atoms with van der Waals surface area (Å²) in [6.45, 7) is -0.00836. The van der Waals surface area contributed by atoms with E-state index in [2.05, 4.69) is 0 Å². The van der Waals surface area contributed by atoms with E-state index < -0.39 is 0 Å². The minimum Gasteiger partial charge on any atom is -0.394 e. The fraction of sp³-hybridized carbons (Fsp3) is 0.250. The molecule has 1 N–H and O–H groups in total. The van der Waals surface area contributed by atoms with Crippen LogP contribution in [-0.2, 0) is 0 Å². The summed E-state index contributed by atoms with van der Waals surface area (Å²) in [5, 5.41) is 8.39. The summed E-state index contributed by atoms with van der Waals surface area (Å²) in [7, 11) is 0. The molecule has 2 heteroatoms. The number of hydrogen-bond donors (Lipinski definition) is 1. The van der Waals surface area contributed by atoms with E-state index in [1.54, 1.807) is 0 Å². The maximum Gasteiger partial charge on any atom is 0.0816 e. The summed E-state index contributed by atoms with van der Waals surface area (Å²) in [6.07, 6.45) is 0. The van der Waals surface area contributed by atoms with Gasteiger partial charge >= 0.3 is 0 Å². The molecule has 1 nitrogen and oxygen atoms in total. The van der Waals surface area contributed by atoms with Crippen LogP contribution in [0.4, 0.5) is 0 Å². The highest BCUT2D eigenvalue weighted by Gasteiger charge is 2.02. The summed E-state index contributed by atoms with van der Waals surface area (Å²) in [6, 6.07) is 9.52. The predicted molar refractivity (Wildman–Crippen MR) is 42.1 cm³/mol. The van der Waals surface area contributed by atoms with Crippen LogP contribution >= 0.6 is 11.6 Å². The highest BCUT2D eigenvalue weighted by molar-refractivity contribution is 6.20. The SMILES string of the molecule is OCC(Cl)c1ccccc1. The van der Waals surface area contributed by atoms with E-state index in [-0.39, 0.29) is 12.0 Å². The van der Waals surface area contributed by atoms with Gasteiger partial charge in [0.25, 0.3) is 0 Å². The minimum absolute atomic E-state index is 0.00836. The number of alkyl halides is 1. The molecule has 0 bridgehead atoms. The van der Waals surface area contributed by atoms with Crippen molar-refractivity contribution in [2.75, 3.05) is 6.61 Å². The lowest BCUT2D eigenvalue weighted by molar-refractivity contribution is 0.294. The van der Waals surface area contributed by atoms with Gasteiger partial charge in [-0.2, -0.15) is 0 Å². The molecule has 10 heavy (non-hydrogen) atoms. The van der Waals surface area contributed by atoms with Crippen LogP contribution in [0.15, 0.2) is 30.3 Å². The zero-order chi connectivity index (χ0) is 7.40. The van der Waals surface area contributed by atoms with Gasteiger partial charge in [-0.25, -0.2) is 0 Å². The van der Waals surface area contributed by atoms with Crippen molar-refractivity contribution in [2.45, 2.75) is 5.38 Å². The average Bonchev–Trinajstić information content (AvgIpc) is 2.05. The lowest BCUT2D eigenvalue weighted by Crippen LogP contribution is -1.94. The van der Waals surface area contributed by atoms with Gasteiger partial charge in [0.05, 0.1) is 12.0 Å². The summed E-state index contributed by atoms with van der Waals surface area (Å²) >= 11 is 5.74. The Labute approximate surface area is 65.3 Å². The van der Waals surface area contributed by atoms with Gasteiger partial charge in [-0.3, -0.25) is 0 Å². The highest BCUT2D eigenvalue weighted by Crippen LogP contribution is 2.17. The van der Waals surface area contributed by atoms with Crippen LogP contribution < -0.4 is 0 Å². The molecule has 0 aromatic heterocycles. The van der Waals surface area contributed by atoms with E-state index in [0.29, 0.717) is 0 Å². The van der Waals surface area contributed by atoms with Crippen LogP contribution in [0.3, 0.4) is 0 Å². The van der Waals surface area contributed by atoms with Crippen molar-refractivity contribution in [3.63, 3.8) is 0 Å². The zero-order valence-electron chi connectivity index (χ0n) is 5.50. The molecule has 0 saturated heterocycles. The number of halogens is 1. The quantitative estimate of drug-likeness (QED) is 0.649. The fourth-order valence-corrected chi connectivity index (χ4v) is 0.913. The maximum absolute atomic E-state index is 8.66. The third-order valence-electron chi connectivity index (χ3n) is 1.32.